The maximum Gasteiger partial charge on any atom is 0.163 e. The van der Waals surface area contributed by atoms with Crippen molar-refractivity contribution in [2.75, 3.05) is 38.2 Å². The van der Waals surface area contributed by atoms with E-state index in [1.807, 2.05) is 30.3 Å². The first-order valence-corrected chi connectivity index (χ1v) is 9.95. The van der Waals surface area contributed by atoms with Crippen LogP contribution in [-0.2, 0) is 4.74 Å². The number of para-hydroxylation sites is 1. The molecule has 1 unspecified atom stereocenters. The molecular formula is C22H27N5O. The lowest BCUT2D eigenvalue weighted by atomic mass is 10.0. The number of rotatable bonds is 6. The van der Waals surface area contributed by atoms with E-state index in [1.54, 1.807) is 12.4 Å². The smallest absolute Gasteiger partial charge is 0.163 e. The number of morpholine rings is 1. The van der Waals surface area contributed by atoms with Crippen molar-refractivity contribution in [1.29, 1.82) is 0 Å². The van der Waals surface area contributed by atoms with Crippen LogP contribution in [0.25, 0.3) is 22.3 Å². The van der Waals surface area contributed by atoms with Crippen molar-refractivity contribution in [2.24, 2.45) is 5.92 Å². The monoisotopic (exact) mass is 377 g/mol. The average Bonchev–Trinajstić information content (AvgIpc) is 2.75. The summed E-state index contributed by atoms with van der Waals surface area (Å²) in [6.45, 7) is 8.98. The molecule has 1 aliphatic heterocycles. The summed E-state index contributed by atoms with van der Waals surface area (Å²) in [6.07, 6.45) is 3.57. The van der Waals surface area contributed by atoms with Gasteiger partial charge in [-0.3, -0.25) is 9.88 Å². The number of benzene rings is 1. The normalized spacial score (nSPS) is 16.4. The molecule has 6 nitrogen and oxygen atoms in total. The molecule has 0 bridgehead atoms. The Bertz CT molecular complexity index is 909. The first-order chi connectivity index (χ1) is 13.7. The van der Waals surface area contributed by atoms with E-state index in [-0.39, 0.29) is 0 Å². The molecule has 0 amide bonds. The summed E-state index contributed by atoms with van der Waals surface area (Å²) in [5.74, 6) is 2.11. The minimum absolute atomic E-state index is 0.430. The van der Waals surface area contributed by atoms with Crippen LogP contribution in [0.15, 0.2) is 48.8 Å². The van der Waals surface area contributed by atoms with Gasteiger partial charge in [0.2, 0.25) is 0 Å². The Morgan fingerprint density at radius 2 is 1.89 bits per heavy atom. The third kappa shape index (κ3) is 4.13. The van der Waals surface area contributed by atoms with Gasteiger partial charge in [-0.05, 0) is 30.2 Å². The SMILES string of the molecule is CC(C)C(CNc1nc(-c2cccnc2)nc2ccccc12)N1CCOCC1. The molecule has 0 radical (unpaired) electrons. The molecule has 3 heterocycles. The second-order valence-electron chi connectivity index (χ2n) is 7.50. The van der Waals surface area contributed by atoms with E-state index >= 15 is 0 Å². The molecule has 1 aliphatic rings. The van der Waals surface area contributed by atoms with E-state index in [4.69, 9.17) is 14.7 Å². The Morgan fingerprint density at radius 3 is 2.64 bits per heavy atom. The summed E-state index contributed by atoms with van der Waals surface area (Å²) in [5.41, 5.74) is 1.86. The van der Waals surface area contributed by atoms with Gasteiger partial charge in [0.05, 0.1) is 18.7 Å². The number of nitrogens with one attached hydrogen (secondary N) is 1. The first kappa shape index (κ1) is 18.8. The lowest BCUT2D eigenvalue weighted by Crippen LogP contribution is -2.49. The Hall–Kier alpha value is -2.57. The number of aromatic nitrogens is 3. The number of hydrogen-bond donors (Lipinski definition) is 1. The lowest BCUT2D eigenvalue weighted by Gasteiger charge is -2.37. The number of ether oxygens (including phenoxy) is 1. The standard InChI is InChI=1S/C22H27N5O/c1-16(2)20(27-10-12-28-13-11-27)15-24-22-18-7-3-4-8-19(18)25-21(26-22)17-6-5-9-23-14-17/h3-9,14,16,20H,10-13,15H2,1-2H3,(H,24,25,26). The predicted octanol–water partition coefficient (Wildman–Crippen LogP) is 3.46. The first-order valence-electron chi connectivity index (χ1n) is 9.95. The van der Waals surface area contributed by atoms with Gasteiger partial charge in [-0.1, -0.05) is 26.0 Å². The van der Waals surface area contributed by atoms with Gasteiger partial charge in [0.25, 0.3) is 0 Å². The van der Waals surface area contributed by atoms with Gasteiger partial charge in [-0.25, -0.2) is 9.97 Å². The highest BCUT2D eigenvalue weighted by Crippen LogP contribution is 2.25. The van der Waals surface area contributed by atoms with E-state index in [1.165, 1.54) is 0 Å². The van der Waals surface area contributed by atoms with Gasteiger partial charge in [-0.2, -0.15) is 0 Å². The number of hydrogen-bond acceptors (Lipinski definition) is 6. The Morgan fingerprint density at radius 1 is 1.07 bits per heavy atom. The number of nitrogens with zero attached hydrogens (tertiary/aromatic N) is 4. The van der Waals surface area contributed by atoms with E-state index in [2.05, 4.69) is 35.1 Å². The van der Waals surface area contributed by atoms with Crippen LogP contribution in [0.1, 0.15) is 13.8 Å². The van der Waals surface area contributed by atoms with Crippen LogP contribution in [-0.4, -0.2) is 58.7 Å². The van der Waals surface area contributed by atoms with Crippen molar-refractivity contribution in [3.05, 3.63) is 48.8 Å². The van der Waals surface area contributed by atoms with Crippen LogP contribution < -0.4 is 5.32 Å². The van der Waals surface area contributed by atoms with E-state index in [9.17, 15) is 0 Å². The fraction of sp³-hybridized carbons (Fsp3) is 0.409. The molecule has 146 valence electrons. The molecule has 28 heavy (non-hydrogen) atoms. The van der Waals surface area contributed by atoms with Gasteiger partial charge in [0, 0.05) is 49.0 Å². The molecule has 0 saturated carbocycles. The second-order valence-corrected chi connectivity index (χ2v) is 7.50. The molecule has 1 aromatic carbocycles. The van der Waals surface area contributed by atoms with Gasteiger partial charge < -0.3 is 10.1 Å². The van der Waals surface area contributed by atoms with E-state index < -0.39 is 0 Å². The summed E-state index contributed by atoms with van der Waals surface area (Å²) in [7, 11) is 0. The van der Waals surface area contributed by atoms with Crippen molar-refractivity contribution in [2.45, 2.75) is 19.9 Å². The predicted molar refractivity (Wildman–Crippen MR) is 112 cm³/mol. The molecule has 0 aliphatic carbocycles. The number of fused-ring (bicyclic) bond motifs is 1. The highest BCUT2D eigenvalue weighted by molar-refractivity contribution is 5.90. The maximum absolute atomic E-state index is 5.53. The molecule has 2 aromatic heterocycles. The molecule has 3 aromatic rings. The summed E-state index contributed by atoms with van der Waals surface area (Å²) in [6, 6.07) is 12.5. The van der Waals surface area contributed by atoms with Gasteiger partial charge in [0.1, 0.15) is 5.82 Å². The molecule has 1 fully saturated rings. The minimum Gasteiger partial charge on any atom is -0.379 e. The van der Waals surface area contributed by atoms with Crippen LogP contribution in [0.5, 0.6) is 0 Å². The van der Waals surface area contributed by atoms with Crippen molar-refractivity contribution in [3.63, 3.8) is 0 Å². The Labute approximate surface area is 166 Å². The second kappa shape index (κ2) is 8.63. The Kier molecular flexibility index (Phi) is 5.78. The average molecular weight is 377 g/mol. The molecule has 1 N–H and O–H groups in total. The molecule has 6 heteroatoms. The summed E-state index contributed by atoms with van der Waals surface area (Å²) in [5, 5.41) is 4.66. The number of anilines is 1. The van der Waals surface area contributed by atoms with Gasteiger partial charge in [-0.15, -0.1) is 0 Å². The lowest BCUT2D eigenvalue weighted by molar-refractivity contribution is 0.00954. The largest absolute Gasteiger partial charge is 0.379 e. The molecule has 0 spiro atoms. The molecule has 4 rings (SSSR count). The molecule has 1 saturated heterocycles. The zero-order valence-electron chi connectivity index (χ0n) is 16.5. The zero-order chi connectivity index (χ0) is 19.3. The van der Waals surface area contributed by atoms with Crippen LogP contribution >= 0.6 is 0 Å². The zero-order valence-corrected chi connectivity index (χ0v) is 16.5. The summed E-state index contributed by atoms with van der Waals surface area (Å²) < 4.78 is 5.53. The molecular weight excluding hydrogens is 350 g/mol. The van der Waals surface area contributed by atoms with Crippen molar-refractivity contribution in [3.8, 4) is 11.4 Å². The fourth-order valence-corrected chi connectivity index (χ4v) is 3.73. The van der Waals surface area contributed by atoms with Crippen LogP contribution in [0.4, 0.5) is 5.82 Å². The van der Waals surface area contributed by atoms with Gasteiger partial charge >= 0.3 is 0 Å². The molecule has 1 atom stereocenters. The van der Waals surface area contributed by atoms with Crippen LogP contribution in [0.2, 0.25) is 0 Å². The maximum atomic E-state index is 5.53. The third-order valence-electron chi connectivity index (χ3n) is 5.29. The van der Waals surface area contributed by atoms with E-state index in [0.717, 1.165) is 55.1 Å². The fourth-order valence-electron chi connectivity index (χ4n) is 3.73. The van der Waals surface area contributed by atoms with Crippen molar-refractivity contribution >= 4 is 16.7 Å². The summed E-state index contributed by atoms with van der Waals surface area (Å²) in [4.78, 5) is 16.3. The minimum atomic E-state index is 0.430. The quantitative estimate of drug-likeness (QED) is 0.710. The van der Waals surface area contributed by atoms with Crippen molar-refractivity contribution < 1.29 is 4.74 Å². The van der Waals surface area contributed by atoms with Gasteiger partial charge in [0.15, 0.2) is 5.82 Å². The summed E-state index contributed by atoms with van der Waals surface area (Å²) >= 11 is 0. The topological polar surface area (TPSA) is 63.2 Å². The van der Waals surface area contributed by atoms with Crippen LogP contribution in [0.3, 0.4) is 0 Å². The number of pyridine rings is 1. The third-order valence-corrected chi connectivity index (χ3v) is 5.29. The highest BCUT2D eigenvalue weighted by atomic mass is 16.5. The van der Waals surface area contributed by atoms with Crippen LogP contribution in [0, 0.1) is 5.92 Å². The van der Waals surface area contributed by atoms with Crippen molar-refractivity contribution in [1.82, 2.24) is 19.9 Å². The van der Waals surface area contributed by atoms with E-state index in [0.29, 0.717) is 17.8 Å². The highest BCUT2D eigenvalue weighted by Gasteiger charge is 2.24. The Balaban J connectivity index is 1.63.